The molecular formula is C15H22N2O2. The van der Waals surface area contributed by atoms with E-state index in [4.69, 9.17) is 10.8 Å². The van der Waals surface area contributed by atoms with Crippen molar-refractivity contribution in [1.29, 1.82) is 0 Å². The number of carboxylic acids is 1. The highest BCUT2D eigenvalue weighted by Gasteiger charge is 2.41. The zero-order chi connectivity index (χ0) is 14.0. The topological polar surface area (TPSA) is 75.3 Å². The summed E-state index contributed by atoms with van der Waals surface area (Å²) in [6.45, 7) is 4.96. The number of nitrogens with one attached hydrogen (secondary N) is 1. The van der Waals surface area contributed by atoms with Crippen molar-refractivity contribution in [3.8, 4) is 0 Å². The van der Waals surface area contributed by atoms with Crippen LogP contribution in [0.5, 0.6) is 0 Å². The lowest BCUT2D eigenvalue weighted by atomic mass is 10.0. The molecule has 1 aliphatic rings. The number of aromatic carboxylic acids is 1. The molecule has 0 bridgehead atoms. The molecule has 0 spiro atoms. The van der Waals surface area contributed by atoms with Gasteiger partial charge in [0, 0.05) is 17.9 Å². The van der Waals surface area contributed by atoms with Crippen LogP contribution in [0, 0.1) is 12.3 Å². The fourth-order valence-electron chi connectivity index (χ4n) is 2.59. The molecule has 4 nitrogen and oxygen atoms in total. The Morgan fingerprint density at radius 1 is 1.47 bits per heavy atom. The van der Waals surface area contributed by atoms with Crippen LogP contribution in [0.15, 0.2) is 12.1 Å². The molecule has 0 amide bonds. The van der Waals surface area contributed by atoms with Crippen molar-refractivity contribution < 1.29 is 9.90 Å². The fraction of sp³-hybridized carbons (Fsp3) is 0.533. The summed E-state index contributed by atoms with van der Waals surface area (Å²) in [5.74, 6) is -0.973. The number of hydrogen-bond donors (Lipinski definition) is 3. The predicted octanol–water partition coefficient (Wildman–Crippen LogP) is 3.27. The number of nitrogens with two attached hydrogens (primary N) is 1. The van der Waals surface area contributed by atoms with E-state index in [0.717, 1.165) is 17.8 Å². The molecule has 0 heterocycles. The molecule has 104 valence electrons. The first-order valence-corrected chi connectivity index (χ1v) is 6.85. The number of benzene rings is 1. The van der Waals surface area contributed by atoms with E-state index in [0.29, 0.717) is 11.1 Å². The van der Waals surface area contributed by atoms with E-state index in [1.54, 1.807) is 6.07 Å². The molecule has 0 unspecified atom stereocenters. The Morgan fingerprint density at radius 2 is 2.16 bits per heavy atom. The Balaban J connectivity index is 2.11. The van der Waals surface area contributed by atoms with Crippen LogP contribution >= 0.6 is 0 Å². The first-order chi connectivity index (χ1) is 8.97. The number of aryl methyl sites for hydroxylation is 1. The Bertz CT molecular complexity index is 493. The molecule has 1 aromatic rings. The smallest absolute Gasteiger partial charge is 0.337 e. The summed E-state index contributed by atoms with van der Waals surface area (Å²) in [7, 11) is 0. The molecule has 4 N–H and O–H groups in total. The van der Waals surface area contributed by atoms with E-state index in [9.17, 15) is 4.79 Å². The average molecular weight is 262 g/mol. The molecule has 4 heteroatoms. The molecule has 2 rings (SSSR count). The summed E-state index contributed by atoms with van der Waals surface area (Å²) in [6, 6.07) is 3.55. The maximum atomic E-state index is 11.1. The minimum atomic E-state index is -0.973. The first kappa shape index (κ1) is 13.7. The summed E-state index contributed by atoms with van der Waals surface area (Å²) in [5.41, 5.74) is 8.42. The first-order valence-electron chi connectivity index (χ1n) is 6.85. The second-order valence-electron chi connectivity index (χ2n) is 5.66. The molecule has 1 aliphatic carbocycles. The lowest BCUT2D eigenvalue weighted by Crippen LogP contribution is -2.16. The van der Waals surface area contributed by atoms with E-state index in [2.05, 4.69) is 12.2 Å². The third-order valence-electron chi connectivity index (χ3n) is 4.02. The van der Waals surface area contributed by atoms with Crippen LogP contribution in [-0.2, 0) is 0 Å². The monoisotopic (exact) mass is 262 g/mol. The minimum Gasteiger partial charge on any atom is -0.478 e. The van der Waals surface area contributed by atoms with Crippen molar-refractivity contribution in [2.45, 2.75) is 39.5 Å². The number of hydrogen-bond acceptors (Lipinski definition) is 3. The third kappa shape index (κ3) is 3.00. The summed E-state index contributed by atoms with van der Waals surface area (Å²) in [6.07, 6.45) is 4.98. The van der Waals surface area contributed by atoms with E-state index in [1.807, 2.05) is 13.0 Å². The summed E-state index contributed by atoms with van der Waals surface area (Å²) in [4.78, 5) is 11.1. The van der Waals surface area contributed by atoms with Crippen LogP contribution < -0.4 is 11.1 Å². The van der Waals surface area contributed by atoms with E-state index >= 15 is 0 Å². The fourth-order valence-corrected chi connectivity index (χ4v) is 2.59. The zero-order valence-corrected chi connectivity index (χ0v) is 11.6. The molecule has 0 saturated heterocycles. The SMILES string of the molecule is CCCC1(CNc2cc(C)c(N)c(C(=O)O)c2)CC1. The van der Waals surface area contributed by atoms with Crippen molar-refractivity contribution in [3.63, 3.8) is 0 Å². The van der Waals surface area contributed by atoms with Gasteiger partial charge in [0.2, 0.25) is 0 Å². The molecule has 0 atom stereocenters. The second kappa shape index (κ2) is 5.11. The summed E-state index contributed by atoms with van der Waals surface area (Å²) < 4.78 is 0. The van der Waals surface area contributed by atoms with Crippen LogP contribution in [0.25, 0.3) is 0 Å². The van der Waals surface area contributed by atoms with Crippen LogP contribution in [0.4, 0.5) is 11.4 Å². The Hall–Kier alpha value is -1.71. The Morgan fingerprint density at radius 3 is 2.68 bits per heavy atom. The van der Waals surface area contributed by atoms with Gasteiger partial charge in [-0.15, -0.1) is 0 Å². The van der Waals surface area contributed by atoms with E-state index in [1.165, 1.54) is 25.7 Å². The van der Waals surface area contributed by atoms with Gasteiger partial charge in [-0.2, -0.15) is 0 Å². The van der Waals surface area contributed by atoms with Gasteiger partial charge in [0.25, 0.3) is 0 Å². The van der Waals surface area contributed by atoms with Gasteiger partial charge in [0.05, 0.1) is 5.56 Å². The number of carboxylic acid groups (broad SMARTS) is 1. The number of anilines is 2. The molecule has 1 saturated carbocycles. The molecule has 0 aromatic heterocycles. The maximum absolute atomic E-state index is 11.1. The highest BCUT2D eigenvalue weighted by atomic mass is 16.4. The van der Waals surface area contributed by atoms with Crippen molar-refractivity contribution >= 4 is 17.3 Å². The molecule has 1 aromatic carbocycles. The van der Waals surface area contributed by atoms with Gasteiger partial charge in [-0.3, -0.25) is 0 Å². The van der Waals surface area contributed by atoms with Crippen LogP contribution in [0.3, 0.4) is 0 Å². The van der Waals surface area contributed by atoms with Gasteiger partial charge in [-0.05, 0) is 49.3 Å². The maximum Gasteiger partial charge on any atom is 0.337 e. The van der Waals surface area contributed by atoms with Crippen molar-refractivity contribution in [2.75, 3.05) is 17.6 Å². The molecule has 0 radical (unpaired) electrons. The standard InChI is InChI=1S/C15H22N2O2/c1-3-4-15(5-6-15)9-17-11-7-10(2)13(16)12(8-11)14(18)19/h7-8,17H,3-6,9,16H2,1-2H3,(H,18,19). The van der Waals surface area contributed by atoms with Gasteiger partial charge >= 0.3 is 5.97 Å². The van der Waals surface area contributed by atoms with Gasteiger partial charge in [0.15, 0.2) is 0 Å². The molecular weight excluding hydrogens is 240 g/mol. The lowest BCUT2D eigenvalue weighted by molar-refractivity contribution is 0.0698. The van der Waals surface area contributed by atoms with Crippen LogP contribution in [0.2, 0.25) is 0 Å². The number of carbonyl (C=O) groups is 1. The lowest BCUT2D eigenvalue weighted by Gasteiger charge is -2.17. The van der Waals surface area contributed by atoms with Crippen molar-refractivity contribution in [2.24, 2.45) is 5.41 Å². The normalized spacial score (nSPS) is 16.1. The average Bonchev–Trinajstić information content (AvgIpc) is 3.11. The number of rotatable bonds is 6. The number of nitrogen functional groups attached to an aromatic ring is 1. The van der Waals surface area contributed by atoms with Gasteiger partial charge < -0.3 is 16.2 Å². The highest BCUT2D eigenvalue weighted by Crippen LogP contribution is 2.49. The van der Waals surface area contributed by atoms with Crippen molar-refractivity contribution in [1.82, 2.24) is 0 Å². The van der Waals surface area contributed by atoms with E-state index < -0.39 is 5.97 Å². The second-order valence-corrected chi connectivity index (χ2v) is 5.66. The summed E-state index contributed by atoms with van der Waals surface area (Å²) >= 11 is 0. The van der Waals surface area contributed by atoms with Crippen LogP contribution in [0.1, 0.15) is 48.5 Å². The van der Waals surface area contributed by atoms with Gasteiger partial charge in [-0.25, -0.2) is 4.79 Å². The summed E-state index contributed by atoms with van der Waals surface area (Å²) in [5, 5.41) is 12.5. The zero-order valence-electron chi connectivity index (χ0n) is 11.6. The Labute approximate surface area is 114 Å². The molecule has 0 aliphatic heterocycles. The van der Waals surface area contributed by atoms with E-state index in [-0.39, 0.29) is 5.56 Å². The van der Waals surface area contributed by atoms with Crippen molar-refractivity contribution in [3.05, 3.63) is 23.3 Å². The van der Waals surface area contributed by atoms with Gasteiger partial charge in [0.1, 0.15) is 0 Å². The quantitative estimate of drug-likeness (QED) is 0.688. The largest absolute Gasteiger partial charge is 0.478 e. The minimum absolute atomic E-state index is 0.183. The van der Waals surface area contributed by atoms with Crippen LogP contribution in [-0.4, -0.2) is 17.6 Å². The third-order valence-corrected chi connectivity index (χ3v) is 4.02. The molecule has 19 heavy (non-hydrogen) atoms. The molecule has 1 fully saturated rings. The highest BCUT2D eigenvalue weighted by molar-refractivity contribution is 5.95. The predicted molar refractivity (Wildman–Crippen MR) is 77.6 cm³/mol. The van der Waals surface area contributed by atoms with Gasteiger partial charge in [-0.1, -0.05) is 13.3 Å². The Kier molecular flexibility index (Phi) is 3.69.